The molecule has 45 heteroatoms. The number of carboxylic acid groups (broad SMARTS) is 2. The lowest BCUT2D eigenvalue weighted by molar-refractivity contribution is -0.149. The Morgan fingerprint density at radius 1 is 0.568 bits per heavy atom. The van der Waals surface area contributed by atoms with Gasteiger partial charge in [0.25, 0.3) is 0 Å². The second kappa shape index (κ2) is 51.5. The third-order valence-electron chi connectivity index (χ3n) is 25.0. The van der Waals surface area contributed by atoms with Crippen molar-refractivity contribution in [1.82, 2.24) is 87.2 Å². The van der Waals surface area contributed by atoms with Crippen LogP contribution in [0.3, 0.4) is 0 Å². The number of phenolic OH excluding ortho intramolecular Hbond substituents is 1. The van der Waals surface area contributed by atoms with Gasteiger partial charge in [0.15, 0.2) is 0 Å². The number of carbonyl (C=O) groups is 19. The van der Waals surface area contributed by atoms with Gasteiger partial charge < -0.3 is 125 Å². The second-order valence-electron chi connectivity index (χ2n) is 35.9. The number of nitrogens with one attached hydrogen (secondary N) is 11. The average molecular weight is 1950 g/mol. The molecule has 17 amide bonds. The lowest BCUT2D eigenvalue weighted by atomic mass is 9.99. The third kappa shape index (κ3) is 30.3. The Morgan fingerprint density at radius 3 is 1.78 bits per heavy atom. The van der Waals surface area contributed by atoms with Gasteiger partial charge in [-0.1, -0.05) is 102 Å². The number of unbranched alkanes of at least 4 members (excludes halogenated alkanes) is 2. The van der Waals surface area contributed by atoms with Crippen molar-refractivity contribution in [3.63, 3.8) is 0 Å². The maximum atomic E-state index is 16.0. The highest BCUT2D eigenvalue weighted by atomic mass is 32.2. The number of nitrogens with zero attached hydrogens (tertiary/aromatic N) is 7. The first-order valence-electron chi connectivity index (χ1n) is 46.6. The number of likely N-dealkylation sites (N-methyl/N-ethyl adjacent to an activating group) is 3. The van der Waals surface area contributed by atoms with Gasteiger partial charge in [-0.05, 0) is 117 Å². The molecule has 9 rings (SSSR count). The van der Waals surface area contributed by atoms with E-state index in [0.29, 0.717) is 69.8 Å². The van der Waals surface area contributed by atoms with Crippen molar-refractivity contribution < 1.29 is 112 Å². The fourth-order valence-electron chi connectivity index (χ4n) is 17.4. The van der Waals surface area contributed by atoms with Gasteiger partial charge in [0.2, 0.25) is 100 Å². The topological polar surface area (TPSA) is 653 Å². The average Bonchev–Trinajstić information content (AvgIpc) is 1.66. The number of nitrogens with two attached hydrogens (primary N) is 3. The molecule has 4 aliphatic heterocycles. The Labute approximate surface area is 807 Å². The molecular weight excluding hydrogens is 1820 g/mol. The van der Waals surface area contributed by atoms with Gasteiger partial charge >= 0.3 is 11.9 Å². The summed E-state index contributed by atoms with van der Waals surface area (Å²) in [5.74, 6) is -20.7. The standard InChI is InChI=1S/C94H129N21O23S/c1-9-11-21-72-87(131)104-64(36-51(3)4)84(128)109-70(82(126)100-45-77(97)119)49-139-50-78(120)101-67(37-53-25-27-57(116)28-26-53)90(134)110(6)52(5)81(125)107-69(42-76(96)118)93(137)114-35-17-24-73(114)88(132)105-65(38-54-32-34-98-43-54)85(129)103-63(29-30-79(121)122)92(136)115-47-58(117)41-75(115)89(133)106-66(39-55-44-99-61-20-15-13-18-59(55)61)86(130)102-62(31-33-95)83(127)108-68(91(135)112(8)74(22-12-10-2)94(138)111(72)7)40-56-46-113(48-80(123)124)71-23-16-14-19-60(56)71/h13-16,18-20,23,25-28,34,43-44,46,51-52,58,62-70,72-75,99,116-117H,9-12,17,21-22,24,29-33,35-42,45,47-50,95H2,1-8H3,(H2,96,118)(H2,97,119)(H,100,126)(H,101,120)(H,102,130)(H,103,129)(H,104,131)(H,105,132)(H,106,133)(H,107,125)(H,108,127)(H,109,128)(H,121,122)(H,123,124)/t52-,58+,62-,63-,64-,65-,66-,67-,68-,69-,70-,72-,73-,74-,75-/m0/s1. The van der Waals surface area contributed by atoms with Gasteiger partial charge in [-0.25, -0.2) is 0 Å². The van der Waals surface area contributed by atoms with E-state index in [0.717, 1.165) is 36.3 Å². The van der Waals surface area contributed by atoms with E-state index in [2.05, 4.69) is 63.1 Å². The number of carboxylic acids is 2. The number of thioether (sulfide) groups is 1. The molecule has 5 aromatic rings. The van der Waals surface area contributed by atoms with Crippen LogP contribution in [0, 0.1) is 5.92 Å². The number of amides is 17. The van der Waals surface area contributed by atoms with Crippen LogP contribution in [0.15, 0.2) is 102 Å². The number of primary amides is 2. The van der Waals surface area contributed by atoms with Crippen LogP contribution >= 0.6 is 11.8 Å². The summed E-state index contributed by atoms with van der Waals surface area (Å²) in [7, 11) is 3.87. The summed E-state index contributed by atoms with van der Waals surface area (Å²) in [6.45, 7) is 6.08. The summed E-state index contributed by atoms with van der Waals surface area (Å²) in [5.41, 5.74) is 20.1. The Kier molecular flexibility index (Phi) is 40.3. The van der Waals surface area contributed by atoms with Crippen LogP contribution in [0.4, 0.5) is 0 Å². The van der Waals surface area contributed by atoms with Crippen LogP contribution in [0.1, 0.15) is 154 Å². The number of hydrogen-bond donors (Lipinski definition) is 18. The number of benzene rings is 3. The smallest absolute Gasteiger partial charge is 0.323 e. The molecule has 4 aliphatic rings. The number of aliphatic hydroxyl groups excluding tert-OH is 1. The first-order valence-corrected chi connectivity index (χ1v) is 47.7. The number of aromatic hydroxyl groups is 1. The van der Waals surface area contributed by atoms with Crippen molar-refractivity contribution in [1.29, 1.82) is 0 Å². The first kappa shape index (κ1) is 109. The molecule has 139 heavy (non-hydrogen) atoms. The van der Waals surface area contributed by atoms with Crippen molar-refractivity contribution in [2.45, 2.75) is 254 Å². The van der Waals surface area contributed by atoms with Gasteiger partial charge in [0, 0.05) is 125 Å². The quantitative estimate of drug-likeness (QED) is 0.0267. The van der Waals surface area contributed by atoms with Gasteiger partial charge in [0.05, 0.1) is 24.8 Å². The number of hydrogen-bond acceptors (Lipinski definition) is 24. The van der Waals surface area contributed by atoms with Crippen molar-refractivity contribution in [3.05, 3.63) is 114 Å². The van der Waals surface area contributed by atoms with Gasteiger partial charge in [0.1, 0.15) is 96.9 Å². The summed E-state index contributed by atoms with van der Waals surface area (Å²) in [6.07, 6.45) is 1.74. The Morgan fingerprint density at radius 2 is 1.14 bits per heavy atom. The fraction of sp³-hybridized carbons (Fsp3) is 0.532. The molecule has 3 fully saturated rings. The van der Waals surface area contributed by atoms with Crippen LogP contribution in [0.2, 0.25) is 0 Å². The van der Waals surface area contributed by atoms with Crippen LogP contribution in [0.5, 0.6) is 5.75 Å². The second-order valence-corrected chi connectivity index (χ2v) is 36.9. The lowest BCUT2D eigenvalue weighted by Crippen LogP contribution is -2.61. The number of aromatic amines is 1. The monoisotopic (exact) mass is 1950 g/mol. The Bertz CT molecular complexity index is 5390. The minimum absolute atomic E-state index is 0.0134. The zero-order valence-electron chi connectivity index (χ0n) is 79.2. The number of aliphatic hydroxyl groups is 1. The third-order valence-corrected chi connectivity index (χ3v) is 26.0. The molecule has 0 saturated carbocycles. The molecule has 2 aromatic heterocycles. The summed E-state index contributed by atoms with van der Waals surface area (Å²) >= 11 is 0.773. The highest BCUT2D eigenvalue weighted by Crippen LogP contribution is 2.30. The number of aromatic nitrogens is 2. The van der Waals surface area contributed by atoms with Crippen molar-refractivity contribution in [3.8, 4) is 5.75 Å². The minimum atomic E-state index is -1.84. The zero-order chi connectivity index (χ0) is 102. The van der Waals surface area contributed by atoms with Crippen molar-refractivity contribution in [2.24, 2.45) is 28.1 Å². The van der Waals surface area contributed by atoms with E-state index in [1.165, 1.54) is 75.5 Å². The van der Waals surface area contributed by atoms with Crippen LogP contribution < -0.4 is 70.4 Å². The number of fused-ring (bicyclic) bond motifs is 4. The van der Waals surface area contributed by atoms with E-state index in [1.54, 1.807) is 68.6 Å². The molecule has 15 atom stereocenters. The first-order chi connectivity index (χ1) is 66.1. The number of carbonyl (C=O) groups excluding carboxylic acids is 17. The van der Waals surface area contributed by atoms with Crippen LogP contribution in [-0.2, 0) is 117 Å². The molecular formula is C94H129N21O23S. The Hall–Kier alpha value is -13.9. The molecule has 44 nitrogen and oxygen atoms in total. The van der Waals surface area contributed by atoms with Crippen LogP contribution in [-0.4, -0.2) is 323 Å². The highest BCUT2D eigenvalue weighted by Gasteiger charge is 2.47. The Balaban J connectivity index is 1.12. The zero-order valence-corrected chi connectivity index (χ0v) is 80.0. The predicted molar refractivity (Wildman–Crippen MR) is 509 cm³/mol. The van der Waals surface area contributed by atoms with E-state index < -0.39 is 266 Å². The van der Waals surface area contributed by atoms with E-state index in [-0.39, 0.29) is 89.0 Å². The normalized spacial score (nSPS) is 24.8. The molecule has 0 aliphatic carbocycles. The SMILES string of the molecule is CCCC[C@H]1C(=O)N(C)[C@@H](CCCC)C(=O)N[C@@H](CC(C)C)C(=O)N[C@H](C(=O)NCC(N)=O)CSCC(=O)N[C@@H](Cc2ccc(O)cc2)C(=O)N(C)[C@@H](C)C(=O)N[C@@H](CC(N)=O)C(=O)N2CCC[C@H]2C(=O)N[C@@H](CC2=CN=CC2)C(=O)N[C@@H](CCC(=O)O)C(=O)N2C[C@H](O)C[C@H]2C(=O)N[C@@H](Cc2c[nH]c3ccccc23)C(=O)N[C@@H](CCN)C(=O)N[C@@H](Cc2cn(CC(=O)O)c3ccccc23)C(=O)N1C. The maximum Gasteiger partial charge on any atom is 0.323 e. The fourth-order valence-corrected chi connectivity index (χ4v) is 18.2. The maximum absolute atomic E-state index is 16.0. The molecule has 3 saturated heterocycles. The van der Waals surface area contributed by atoms with Crippen molar-refractivity contribution in [2.75, 3.05) is 58.8 Å². The molecule has 0 bridgehead atoms. The van der Waals surface area contributed by atoms with E-state index in [9.17, 15) is 73.2 Å². The van der Waals surface area contributed by atoms with E-state index >= 15 is 38.4 Å². The highest BCUT2D eigenvalue weighted by molar-refractivity contribution is 8.00. The molecule has 754 valence electrons. The number of para-hydroxylation sites is 2. The number of aliphatic imine (C=N–C) groups is 1. The van der Waals surface area contributed by atoms with Crippen LogP contribution in [0.25, 0.3) is 21.8 Å². The summed E-state index contributed by atoms with van der Waals surface area (Å²) < 4.78 is 1.42. The number of rotatable bonds is 28. The van der Waals surface area contributed by atoms with E-state index in [1.807, 2.05) is 13.8 Å². The van der Waals surface area contributed by atoms with Gasteiger partial charge in [-0.15, -0.1) is 11.8 Å². The number of aliphatic carboxylic acids is 2. The number of H-pyrrole nitrogens is 1. The van der Waals surface area contributed by atoms with Gasteiger partial charge in [-0.2, -0.15) is 0 Å². The van der Waals surface area contributed by atoms with E-state index in [4.69, 9.17) is 17.2 Å². The van der Waals surface area contributed by atoms with Gasteiger partial charge in [-0.3, -0.25) is 96.1 Å². The predicted octanol–water partition coefficient (Wildman–Crippen LogP) is -1.63. The molecule has 21 N–H and O–H groups in total. The lowest BCUT2D eigenvalue weighted by Gasteiger charge is -2.36. The summed E-state index contributed by atoms with van der Waals surface area (Å²) in [6, 6.07) is -3.29. The molecule has 0 spiro atoms. The largest absolute Gasteiger partial charge is 0.508 e. The van der Waals surface area contributed by atoms with Crippen molar-refractivity contribution >= 4 is 152 Å². The minimum Gasteiger partial charge on any atom is -0.508 e. The molecule has 3 aromatic carbocycles. The summed E-state index contributed by atoms with van der Waals surface area (Å²) in [5, 5.41) is 69.5. The molecule has 0 radical (unpaired) electrons. The number of phenols is 1. The molecule has 6 heterocycles. The summed E-state index contributed by atoms with van der Waals surface area (Å²) in [4.78, 5) is 289. The molecule has 0 unspecified atom stereocenters.